The molecule has 5 heteroatoms. The number of anilines is 1. The second kappa shape index (κ2) is 9.24. The second-order valence-electron chi connectivity index (χ2n) is 6.73. The summed E-state index contributed by atoms with van der Waals surface area (Å²) in [5.74, 6) is -0.00585. The van der Waals surface area contributed by atoms with E-state index in [-0.39, 0.29) is 5.91 Å². The minimum absolute atomic E-state index is 0.260. The van der Waals surface area contributed by atoms with Crippen molar-refractivity contribution in [3.63, 3.8) is 0 Å². The van der Waals surface area contributed by atoms with Crippen LogP contribution in [0.5, 0.6) is 5.75 Å². The van der Waals surface area contributed by atoms with Crippen LogP contribution >= 0.6 is 0 Å². The topological polar surface area (TPSA) is 64.6 Å². The first-order chi connectivity index (χ1) is 14.0. The summed E-state index contributed by atoms with van der Waals surface area (Å²) < 4.78 is 11.1. The highest BCUT2D eigenvalue weighted by atomic mass is 16.5. The summed E-state index contributed by atoms with van der Waals surface area (Å²) >= 11 is 0. The fraction of sp³-hybridized carbons (Fsp3) is 0.250. The highest BCUT2D eigenvalue weighted by Crippen LogP contribution is 2.27. The lowest BCUT2D eigenvalue weighted by Crippen LogP contribution is -2.32. The zero-order valence-corrected chi connectivity index (χ0v) is 16.9. The van der Waals surface area contributed by atoms with E-state index in [0.29, 0.717) is 30.0 Å². The Morgan fingerprint density at radius 1 is 1.00 bits per heavy atom. The molecule has 0 spiro atoms. The molecule has 29 heavy (non-hydrogen) atoms. The molecule has 0 unspecified atom stereocenters. The maximum absolute atomic E-state index is 12.9. The van der Waals surface area contributed by atoms with Crippen molar-refractivity contribution in [1.29, 1.82) is 0 Å². The van der Waals surface area contributed by atoms with Gasteiger partial charge in [-0.2, -0.15) is 0 Å². The van der Waals surface area contributed by atoms with Crippen molar-refractivity contribution in [2.45, 2.75) is 33.3 Å². The van der Waals surface area contributed by atoms with Gasteiger partial charge in [0.2, 0.25) is 0 Å². The summed E-state index contributed by atoms with van der Waals surface area (Å²) in [6.45, 7) is 5.82. The van der Waals surface area contributed by atoms with Crippen LogP contribution in [0, 0.1) is 6.92 Å². The van der Waals surface area contributed by atoms with Crippen molar-refractivity contribution < 1.29 is 19.1 Å². The lowest BCUT2D eigenvalue weighted by molar-refractivity contribution is -0.122. The Morgan fingerprint density at radius 3 is 2.52 bits per heavy atom. The van der Waals surface area contributed by atoms with E-state index in [4.69, 9.17) is 9.47 Å². The summed E-state index contributed by atoms with van der Waals surface area (Å²) in [6.07, 6.45) is -0.155. The molecule has 0 aliphatic carbocycles. The van der Waals surface area contributed by atoms with Crippen molar-refractivity contribution in [1.82, 2.24) is 0 Å². The van der Waals surface area contributed by atoms with Gasteiger partial charge in [0.1, 0.15) is 5.75 Å². The van der Waals surface area contributed by atoms with E-state index in [1.807, 2.05) is 56.3 Å². The first-order valence-corrected chi connectivity index (χ1v) is 9.76. The molecule has 0 saturated heterocycles. The molecular weight excluding hydrogens is 366 g/mol. The predicted molar refractivity (Wildman–Crippen MR) is 114 cm³/mol. The third kappa shape index (κ3) is 4.74. The smallest absolute Gasteiger partial charge is 0.338 e. The molecule has 0 heterocycles. The molecule has 150 valence electrons. The molecule has 3 rings (SSSR count). The summed E-state index contributed by atoms with van der Waals surface area (Å²) in [6, 6.07) is 18.8. The summed E-state index contributed by atoms with van der Waals surface area (Å²) in [7, 11) is 0. The highest BCUT2D eigenvalue weighted by Gasteiger charge is 2.21. The fourth-order valence-electron chi connectivity index (χ4n) is 3.09. The quantitative estimate of drug-likeness (QED) is 0.568. The molecule has 5 nitrogen and oxygen atoms in total. The van der Waals surface area contributed by atoms with Crippen LogP contribution in [0.4, 0.5) is 5.69 Å². The Hall–Kier alpha value is -3.34. The van der Waals surface area contributed by atoms with Crippen molar-refractivity contribution in [2.24, 2.45) is 0 Å². The lowest BCUT2D eigenvalue weighted by atomic mass is 10.1. The van der Waals surface area contributed by atoms with Gasteiger partial charge in [0.05, 0.1) is 12.2 Å². The van der Waals surface area contributed by atoms with Crippen molar-refractivity contribution in [3.8, 4) is 5.75 Å². The standard InChI is InChI=1S/C24H25NO4/c1-4-21(29-22-12-8-10-17-9-6-7-11-19(17)22)23(26)25-20-15-18(14-13-16(20)3)24(27)28-5-2/h6-15,21H,4-5H2,1-3H3,(H,25,26)/t21-/m1/s1. The van der Waals surface area contributed by atoms with Crippen molar-refractivity contribution in [2.75, 3.05) is 11.9 Å². The van der Waals surface area contributed by atoms with Gasteiger partial charge in [-0.3, -0.25) is 4.79 Å². The molecule has 0 radical (unpaired) electrons. The predicted octanol–water partition coefficient (Wildman–Crippen LogP) is 5.12. The number of aryl methyl sites for hydroxylation is 1. The molecule has 0 saturated carbocycles. The van der Waals surface area contributed by atoms with Crippen LogP contribution in [-0.2, 0) is 9.53 Å². The molecule has 1 atom stereocenters. The van der Waals surface area contributed by atoms with E-state index in [9.17, 15) is 9.59 Å². The zero-order chi connectivity index (χ0) is 20.8. The Morgan fingerprint density at radius 2 is 1.76 bits per heavy atom. The largest absolute Gasteiger partial charge is 0.480 e. The van der Waals surface area contributed by atoms with E-state index in [2.05, 4.69) is 5.32 Å². The summed E-state index contributed by atoms with van der Waals surface area (Å²) in [5, 5.41) is 4.91. The Bertz CT molecular complexity index is 1020. The van der Waals surface area contributed by atoms with Crippen molar-refractivity contribution in [3.05, 3.63) is 71.8 Å². The van der Waals surface area contributed by atoms with Crippen LogP contribution in [0.25, 0.3) is 10.8 Å². The first kappa shape index (κ1) is 20.4. The number of benzene rings is 3. The number of carbonyl (C=O) groups excluding carboxylic acids is 2. The van der Waals surface area contributed by atoms with Crippen LogP contribution in [0.15, 0.2) is 60.7 Å². The number of esters is 1. The maximum Gasteiger partial charge on any atom is 0.338 e. The third-order valence-electron chi connectivity index (χ3n) is 4.69. The molecule has 1 N–H and O–H groups in total. The van der Waals surface area contributed by atoms with Crippen LogP contribution in [0.1, 0.15) is 36.2 Å². The molecule has 0 aromatic heterocycles. The SMILES string of the molecule is CCOC(=O)c1ccc(C)c(NC(=O)[C@@H](CC)Oc2cccc3ccccc23)c1. The van der Waals surface area contributed by atoms with Gasteiger partial charge in [-0.05, 0) is 49.4 Å². The fourth-order valence-corrected chi connectivity index (χ4v) is 3.09. The van der Waals surface area contributed by atoms with Gasteiger partial charge in [-0.1, -0.05) is 49.4 Å². The molecule has 0 fully saturated rings. The number of ether oxygens (including phenoxy) is 2. The summed E-state index contributed by atoms with van der Waals surface area (Å²) in [4.78, 5) is 24.9. The van der Waals surface area contributed by atoms with Gasteiger partial charge in [-0.15, -0.1) is 0 Å². The molecule has 0 aliphatic rings. The van der Waals surface area contributed by atoms with Crippen LogP contribution in [0.3, 0.4) is 0 Å². The van der Waals surface area contributed by atoms with Gasteiger partial charge in [0.15, 0.2) is 6.10 Å². The van der Waals surface area contributed by atoms with E-state index < -0.39 is 12.1 Å². The number of hydrogen-bond donors (Lipinski definition) is 1. The number of amides is 1. The lowest BCUT2D eigenvalue weighted by Gasteiger charge is -2.19. The Labute approximate surface area is 170 Å². The molecule has 1 amide bonds. The minimum Gasteiger partial charge on any atom is -0.480 e. The van der Waals surface area contributed by atoms with Gasteiger partial charge in [-0.25, -0.2) is 4.79 Å². The molecular formula is C24H25NO4. The van der Waals surface area contributed by atoms with Gasteiger partial charge < -0.3 is 14.8 Å². The number of rotatable bonds is 7. The normalized spacial score (nSPS) is 11.7. The monoisotopic (exact) mass is 391 g/mol. The summed E-state index contributed by atoms with van der Waals surface area (Å²) in [5.41, 5.74) is 1.82. The number of hydrogen-bond acceptors (Lipinski definition) is 4. The van der Waals surface area contributed by atoms with Crippen LogP contribution in [-0.4, -0.2) is 24.6 Å². The average molecular weight is 391 g/mol. The van der Waals surface area contributed by atoms with Crippen LogP contribution < -0.4 is 10.1 Å². The van der Waals surface area contributed by atoms with Gasteiger partial charge >= 0.3 is 5.97 Å². The van der Waals surface area contributed by atoms with Gasteiger partial charge in [0.25, 0.3) is 5.91 Å². The number of carbonyl (C=O) groups is 2. The van der Waals surface area contributed by atoms with E-state index >= 15 is 0 Å². The third-order valence-corrected chi connectivity index (χ3v) is 4.69. The molecule has 3 aromatic carbocycles. The first-order valence-electron chi connectivity index (χ1n) is 9.76. The average Bonchev–Trinajstić information content (AvgIpc) is 2.73. The maximum atomic E-state index is 12.9. The zero-order valence-electron chi connectivity index (χ0n) is 16.9. The molecule has 0 bridgehead atoms. The molecule has 3 aromatic rings. The number of nitrogens with one attached hydrogen (secondary N) is 1. The van der Waals surface area contributed by atoms with E-state index in [1.54, 1.807) is 25.1 Å². The molecule has 0 aliphatic heterocycles. The Balaban J connectivity index is 1.80. The Kier molecular flexibility index (Phi) is 6.50. The van der Waals surface area contributed by atoms with E-state index in [0.717, 1.165) is 16.3 Å². The number of fused-ring (bicyclic) bond motifs is 1. The second-order valence-corrected chi connectivity index (χ2v) is 6.73. The minimum atomic E-state index is -0.661. The highest BCUT2D eigenvalue weighted by molar-refractivity contribution is 5.98. The van der Waals surface area contributed by atoms with Crippen molar-refractivity contribution >= 4 is 28.3 Å². The van der Waals surface area contributed by atoms with E-state index in [1.165, 1.54) is 0 Å². The van der Waals surface area contributed by atoms with Crippen LogP contribution in [0.2, 0.25) is 0 Å². The van der Waals surface area contributed by atoms with Gasteiger partial charge in [0, 0.05) is 11.1 Å².